The van der Waals surface area contributed by atoms with Crippen LogP contribution in [-0.2, 0) is 0 Å². The minimum Gasteiger partial charge on any atom is -0.314 e. The minimum absolute atomic E-state index is 0.841. The maximum Gasteiger partial charge on any atom is 0.00700 e. The van der Waals surface area contributed by atoms with Gasteiger partial charge in [-0.3, -0.25) is 0 Å². The van der Waals surface area contributed by atoms with Crippen molar-refractivity contribution in [2.24, 2.45) is 17.8 Å². The summed E-state index contributed by atoms with van der Waals surface area (Å²) in [7, 11) is 0. The van der Waals surface area contributed by atoms with Gasteiger partial charge in [-0.05, 0) is 43.6 Å². The SMILES string of the molecule is CCC(C)CNC1CCC2CCCCC2C1. The van der Waals surface area contributed by atoms with Crippen molar-refractivity contribution in [1.82, 2.24) is 5.32 Å². The summed E-state index contributed by atoms with van der Waals surface area (Å²) in [6.45, 7) is 5.89. The maximum atomic E-state index is 3.81. The summed E-state index contributed by atoms with van der Waals surface area (Å²) < 4.78 is 0. The van der Waals surface area contributed by atoms with Crippen LogP contribution in [0.25, 0.3) is 0 Å². The highest BCUT2D eigenvalue weighted by molar-refractivity contribution is 4.86. The van der Waals surface area contributed by atoms with Crippen LogP contribution >= 0.6 is 0 Å². The van der Waals surface area contributed by atoms with Gasteiger partial charge in [0.25, 0.3) is 0 Å². The summed E-state index contributed by atoms with van der Waals surface area (Å²) in [4.78, 5) is 0. The van der Waals surface area contributed by atoms with Crippen LogP contribution in [0.5, 0.6) is 0 Å². The molecule has 0 aromatic rings. The predicted octanol–water partition coefficient (Wildman–Crippen LogP) is 3.98. The lowest BCUT2D eigenvalue weighted by molar-refractivity contribution is 0.142. The lowest BCUT2D eigenvalue weighted by atomic mass is 9.69. The number of hydrogen-bond donors (Lipinski definition) is 1. The molecule has 2 aliphatic carbocycles. The van der Waals surface area contributed by atoms with Crippen LogP contribution in [0.4, 0.5) is 0 Å². The van der Waals surface area contributed by atoms with E-state index in [2.05, 4.69) is 19.2 Å². The van der Waals surface area contributed by atoms with Gasteiger partial charge in [-0.15, -0.1) is 0 Å². The fraction of sp³-hybridized carbons (Fsp3) is 1.00. The van der Waals surface area contributed by atoms with E-state index >= 15 is 0 Å². The van der Waals surface area contributed by atoms with Crippen molar-refractivity contribution in [2.75, 3.05) is 6.54 Å². The van der Waals surface area contributed by atoms with Gasteiger partial charge >= 0.3 is 0 Å². The van der Waals surface area contributed by atoms with E-state index in [4.69, 9.17) is 0 Å². The smallest absolute Gasteiger partial charge is 0.00700 e. The highest BCUT2D eigenvalue weighted by Crippen LogP contribution is 2.40. The minimum atomic E-state index is 0.841. The van der Waals surface area contributed by atoms with E-state index in [1.165, 1.54) is 57.9 Å². The van der Waals surface area contributed by atoms with Crippen LogP contribution in [-0.4, -0.2) is 12.6 Å². The zero-order valence-electron chi connectivity index (χ0n) is 11.2. The van der Waals surface area contributed by atoms with Gasteiger partial charge in [0.2, 0.25) is 0 Å². The highest BCUT2D eigenvalue weighted by atomic mass is 14.9. The van der Waals surface area contributed by atoms with E-state index in [1.54, 1.807) is 0 Å². The molecule has 1 N–H and O–H groups in total. The normalized spacial score (nSPS) is 36.8. The fourth-order valence-electron chi connectivity index (χ4n) is 3.57. The molecule has 0 radical (unpaired) electrons. The fourth-order valence-corrected chi connectivity index (χ4v) is 3.57. The van der Waals surface area contributed by atoms with E-state index in [9.17, 15) is 0 Å². The van der Waals surface area contributed by atoms with Gasteiger partial charge in [0.15, 0.2) is 0 Å². The molecule has 4 unspecified atom stereocenters. The maximum absolute atomic E-state index is 3.81. The van der Waals surface area contributed by atoms with Crippen LogP contribution in [0.3, 0.4) is 0 Å². The molecule has 0 spiro atoms. The number of hydrogen-bond acceptors (Lipinski definition) is 1. The van der Waals surface area contributed by atoms with Crippen LogP contribution < -0.4 is 5.32 Å². The number of fused-ring (bicyclic) bond motifs is 1. The van der Waals surface area contributed by atoms with Crippen LogP contribution in [0.1, 0.15) is 65.2 Å². The first kappa shape index (κ1) is 12.4. The van der Waals surface area contributed by atoms with Crippen molar-refractivity contribution >= 4 is 0 Å². The molecule has 0 aliphatic heterocycles. The summed E-state index contributed by atoms with van der Waals surface area (Å²) in [6, 6.07) is 0.841. The molecular weight excluding hydrogens is 194 g/mol. The largest absolute Gasteiger partial charge is 0.314 e. The molecule has 4 atom stereocenters. The lowest BCUT2D eigenvalue weighted by Gasteiger charge is -2.39. The molecule has 0 aromatic carbocycles. The molecule has 2 rings (SSSR count). The Bertz CT molecular complexity index is 202. The molecule has 0 amide bonds. The van der Waals surface area contributed by atoms with Gasteiger partial charge in [-0.25, -0.2) is 0 Å². The molecule has 0 bridgehead atoms. The Kier molecular flexibility index (Phi) is 4.69. The molecule has 2 saturated carbocycles. The second-order valence-electron chi connectivity index (χ2n) is 6.24. The van der Waals surface area contributed by atoms with Gasteiger partial charge in [0.1, 0.15) is 0 Å². The third-order valence-electron chi connectivity index (χ3n) is 4.99. The third kappa shape index (κ3) is 3.23. The molecule has 16 heavy (non-hydrogen) atoms. The Morgan fingerprint density at radius 1 is 1.06 bits per heavy atom. The van der Waals surface area contributed by atoms with Crippen LogP contribution in [0.2, 0.25) is 0 Å². The monoisotopic (exact) mass is 223 g/mol. The zero-order valence-corrected chi connectivity index (χ0v) is 11.2. The summed E-state index contributed by atoms with van der Waals surface area (Å²) in [5.41, 5.74) is 0. The molecule has 94 valence electrons. The standard InChI is InChI=1S/C15H29N/c1-3-12(2)11-16-15-9-8-13-6-4-5-7-14(13)10-15/h12-16H,3-11H2,1-2H3. The van der Waals surface area contributed by atoms with Gasteiger partial charge in [-0.1, -0.05) is 46.0 Å². The topological polar surface area (TPSA) is 12.0 Å². The van der Waals surface area contributed by atoms with Crippen LogP contribution in [0, 0.1) is 17.8 Å². The molecule has 0 heterocycles. The number of rotatable bonds is 4. The summed E-state index contributed by atoms with van der Waals surface area (Å²) >= 11 is 0. The van der Waals surface area contributed by atoms with Crippen LogP contribution in [0.15, 0.2) is 0 Å². The Morgan fingerprint density at radius 3 is 2.56 bits per heavy atom. The van der Waals surface area contributed by atoms with Crippen molar-refractivity contribution in [3.05, 3.63) is 0 Å². The summed E-state index contributed by atoms with van der Waals surface area (Å²) in [6.07, 6.45) is 11.8. The predicted molar refractivity (Wildman–Crippen MR) is 70.5 cm³/mol. The van der Waals surface area contributed by atoms with Crippen molar-refractivity contribution in [2.45, 2.75) is 71.3 Å². The van der Waals surface area contributed by atoms with Gasteiger partial charge in [0, 0.05) is 6.04 Å². The lowest BCUT2D eigenvalue weighted by Crippen LogP contribution is -2.40. The first-order valence-corrected chi connectivity index (χ1v) is 7.53. The average molecular weight is 223 g/mol. The molecule has 0 aromatic heterocycles. The van der Waals surface area contributed by atoms with Gasteiger partial charge in [-0.2, -0.15) is 0 Å². The quantitative estimate of drug-likeness (QED) is 0.760. The highest BCUT2D eigenvalue weighted by Gasteiger charge is 2.31. The Hall–Kier alpha value is -0.0400. The molecule has 0 saturated heterocycles. The van der Waals surface area contributed by atoms with Crippen molar-refractivity contribution in [1.29, 1.82) is 0 Å². The Labute approximate surface area is 101 Å². The first-order chi connectivity index (χ1) is 7.79. The van der Waals surface area contributed by atoms with Crippen molar-refractivity contribution in [3.8, 4) is 0 Å². The Morgan fingerprint density at radius 2 is 1.81 bits per heavy atom. The van der Waals surface area contributed by atoms with E-state index < -0.39 is 0 Å². The van der Waals surface area contributed by atoms with Crippen molar-refractivity contribution in [3.63, 3.8) is 0 Å². The zero-order chi connectivity index (χ0) is 11.4. The summed E-state index contributed by atoms with van der Waals surface area (Å²) in [5.74, 6) is 3.01. The van der Waals surface area contributed by atoms with E-state index in [0.29, 0.717) is 0 Å². The molecule has 2 fully saturated rings. The van der Waals surface area contributed by atoms with Gasteiger partial charge < -0.3 is 5.32 Å². The van der Waals surface area contributed by atoms with E-state index in [0.717, 1.165) is 23.8 Å². The van der Waals surface area contributed by atoms with Crippen molar-refractivity contribution < 1.29 is 0 Å². The third-order valence-corrected chi connectivity index (χ3v) is 4.99. The molecule has 1 nitrogen and oxygen atoms in total. The number of nitrogens with one attached hydrogen (secondary N) is 1. The summed E-state index contributed by atoms with van der Waals surface area (Å²) in [5, 5.41) is 3.81. The average Bonchev–Trinajstić information content (AvgIpc) is 2.35. The van der Waals surface area contributed by atoms with E-state index in [-0.39, 0.29) is 0 Å². The molecular formula is C15H29N. The Balaban J connectivity index is 1.72. The molecule has 2 aliphatic rings. The van der Waals surface area contributed by atoms with E-state index in [1.807, 2.05) is 0 Å². The van der Waals surface area contributed by atoms with Gasteiger partial charge in [0.05, 0.1) is 0 Å². The second-order valence-corrected chi connectivity index (χ2v) is 6.24. The first-order valence-electron chi connectivity index (χ1n) is 7.53. The second kappa shape index (κ2) is 6.05. The molecule has 1 heteroatoms.